The molecule has 194 valence electrons. The Hall–Kier alpha value is -3.75. The highest BCUT2D eigenvalue weighted by molar-refractivity contribution is 6.30. The predicted molar refractivity (Wildman–Crippen MR) is 142 cm³/mol. The van der Waals surface area contributed by atoms with Gasteiger partial charge in [-0.15, -0.1) is 0 Å². The summed E-state index contributed by atoms with van der Waals surface area (Å²) in [7, 11) is 0. The van der Waals surface area contributed by atoms with E-state index in [-0.39, 0.29) is 42.8 Å². The molecule has 1 unspecified atom stereocenters. The number of amides is 3. The zero-order valence-corrected chi connectivity index (χ0v) is 21.3. The lowest BCUT2D eigenvalue weighted by molar-refractivity contribution is -0.136. The van der Waals surface area contributed by atoms with E-state index >= 15 is 0 Å². The quantitative estimate of drug-likeness (QED) is 0.465. The lowest BCUT2D eigenvalue weighted by atomic mass is 9.98. The van der Waals surface area contributed by atoms with Crippen molar-refractivity contribution < 1.29 is 18.8 Å². The highest BCUT2D eigenvalue weighted by Gasteiger charge is 2.40. The third-order valence-electron chi connectivity index (χ3n) is 7.49. The maximum atomic E-state index is 15.0. The number of nitrogens with zero attached hydrogens (tertiary/aromatic N) is 2. The summed E-state index contributed by atoms with van der Waals surface area (Å²) < 4.78 is 15.0. The van der Waals surface area contributed by atoms with E-state index in [4.69, 9.17) is 11.6 Å². The highest BCUT2D eigenvalue weighted by atomic mass is 35.5. The Morgan fingerprint density at radius 2 is 1.76 bits per heavy atom. The van der Waals surface area contributed by atoms with Crippen molar-refractivity contribution in [2.75, 3.05) is 18.4 Å². The molecule has 7 nitrogen and oxygen atoms in total. The van der Waals surface area contributed by atoms with Crippen LogP contribution in [0.1, 0.15) is 34.3 Å². The van der Waals surface area contributed by atoms with Gasteiger partial charge in [-0.1, -0.05) is 48.0 Å². The molecular weight excluding hydrogens is 507 g/mol. The maximum absolute atomic E-state index is 15.0. The maximum Gasteiger partial charge on any atom is 0.255 e. The molecule has 2 saturated heterocycles. The fraction of sp³-hybridized carbons (Fsp3) is 0.276. The van der Waals surface area contributed by atoms with Crippen molar-refractivity contribution in [2.24, 2.45) is 0 Å². The SMILES string of the molecule is O=C1CCC(N2Cc3cc(NC4CN(Cc5ccccc5-c5ccc(Cl)cc5)C4)c(F)cc3C2=O)C(=O)N1. The number of rotatable bonds is 6. The standard InChI is InChI=1S/C29H26ClFN4O3/c30-20-7-5-17(6-8-20)22-4-2-1-3-18(22)13-34-15-21(16-34)32-25-11-19-14-35(29(38)23(19)12-24(25)31)26-9-10-27(36)33-28(26)37/h1-8,11-12,21,26,32H,9-10,13-16H2,(H,33,36,37). The molecule has 0 radical (unpaired) electrons. The number of carbonyl (C=O) groups excluding carboxylic acids is 3. The summed E-state index contributed by atoms with van der Waals surface area (Å²) >= 11 is 6.05. The number of anilines is 1. The Morgan fingerprint density at radius 1 is 1.00 bits per heavy atom. The summed E-state index contributed by atoms with van der Waals surface area (Å²) in [6.45, 7) is 2.51. The Balaban J connectivity index is 1.09. The smallest absolute Gasteiger partial charge is 0.255 e. The van der Waals surface area contributed by atoms with Crippen molar-refractivity contribution in [3.05, 3.63) is 88.2 Å². The molecule has 2 N–H and O–H groups in total. The van der Waals surface area contributed by atoms with Gasteiger partial charge in [-0.25, -0.2) is 4.39 Å². The summed E-state index contributed by atoms with van der Waals surface area (Å²) in [5, 5.41) is 6.27. The van der Waals surface area contributed by atoms with Crippen LogP contribution < -0.4 is 10.6 Å². The van der Waals surface area contributed by atoms with Crippen LogP contribution >= 0.6 is 11.6 Å². The minimum Gasteiger partial charge on any atom is -0.377 e. The molecule has 3 aromatic rings. The van der Waals surface area contributed by atoms with E-state index in [0.717, 1.165) is 30.8 Å². The molecule has 38 heavy (non-hydrogen) atoms. The van der Waals surface area contributed by atoms with Gasteiger partial charge >= 0.3 is 0 Å². The van der Waals surface area contributed by atoms with E-state index in [0.29, 0.717) is 16.3 Å². The van der Waals surface area contributed by atoms with E-state index < -0.39 is 17.8 Å². The second-order valence-electron chi connectivity index (χ2n) is 10.1. The fourth-order valence-corrected chi connectivity index (χ4v) is 5.65. The van der Waals surface area contributed by atoms with Gasteiger partial charge in [-0.2, -0.15) is 0 Å². The molecule has 9 heteroatoms. The Kier molecular flexibility index (Phi) is 6.37. The van der Waals surface area contributed by atoms with Gasteiger partial charge in [0.05, 0.1) is 11.7 Å². The van der Waals surface area contributed by atoms with Crippen molar-refractivity contribution in [3.8, 4) is 11.1 Å². The summed E-state index contributed by atoms with van der Waals surface area (Å²) in [6, 6.07) is 18.4. The highest BCUT2D eigenvalue weighted by Crippen LogP contribution is 2.32. The van der Waals surface area contributed by atoms with E-state index in [1.807, 2.05) is 36.4 Å². The number of imide groups is 1. The first kappa shape index (κ1) is 24.6. The van der Waals surface area contributed by atoms with Crippen LogP contribution in [-0.4, -0.2) is 52.7 Å². The first-order valence-corrected chi connectivity index (χ1v) is 13.0. The summed E-state index contributed by atoms with van der Waals surface area (Å²) in [6.07, 6.45) is 0.455. The summed E-state index contributed by atoms with van der Waals surface area (Å²) in [5.41, 5.74) is 4.79. The number of piperidine rings is 1. The molecule has 0 bridgehead atoms. The summed E-state index contributed by atoms with van der Waals surface area (Å²) in [4.78, 5) is 40.4. The van der Waals surface area contributed by atoms with Crippen molar-refractivity contribution in [1.29, 1.82) is 0 Å². The number of nitrogens with one attached hydrogen (secondary N) is 2. The molecule has 0 aromatic heterocycles. The molecule has 6 rings (SSSR count). The number of hydrogen-bond donors (Lipinski definition) is 2. The third-order valence-corrected chi connectivity index (χ3v) is 7.75. The van der Waals surface area contributed by atoms with Gasteiger partial charge in [0.1, 0.15) is 11.9 Å². The normalized spacial score (nSPS) is 19.8. The molecule has 0 spiro atoms. The number of carbonyl (C=O) groups is 3. The van der Waals surface area contributed by atoms with Crippen molar-refractivity contribution in [2.45, 2.75) is 38.0 Å². The fourth-order valence-electron chi connectivity index (χ4n) is 5.52. The molecule has 3 aliphatic rings. The second kappa shape index (κ2) is 9.85. The van der Waals surface area contributed by atoms with Crippen molar-refractivity contribution in [1.82, 2.24) is 15.1 Å². The monoisotopic (exact) mass is 532 g/mol. The third kappa shape index (κ3) is 4.66. The molecule has 0 aliphatic carbocycles. The number of hydrogen-bond acceptors (Lipinski definition) is 5. The minimum atomic E-state index is -0.719. The van der Waals surface area contributed by atoms with E-state index in [1.165, 1.54) is 16.5 Å². The van der Waals surface area contributed by atoms with Crippen LogP contribution in [0.25, 0.3) is 11.1 Å². The van der Waals surface area contributed by atoms with Crippen LogP contribution in [0.4, 0.5) is 10.1 Å². The van der Waals surface area contributed by atoms with Crippen molar-refractivity contribution >= 4 is 35.0 Å². The zero-order valence-electron chi connectivity index (χ0n) is 20.5. The second-order valence-corrected chi connectivity index (χ2v) is 10.5. The van der Waals surface area contributed by atoms with Gasteiger partial charge in [0.25, 0.3) is 5.91 Å². The van der Waals surface area contributed by atoms with Gasteiger partial charge in [0.15, 0.2) is 0 Å². The number of benzene rings is 3. The first-order valence-electron chi connectivity index (χ1n) is 12.7. The largest absolute Gasteiger partial charge is 0.377 e. The molecule has 0 saturated carbocycles. The van der Waals surface area contributed by atoms with E-state index in [9.17, 15) is 18.8 Å². The van der Waals surface area contributed by atoms with Gasteiger partial charge in [-0.3, -0.25) is 24.6 Å². The van der Waals surface area contributed by atoms with Crippen LogP contribution in [-0.2, 0) is 22.7 Å². The van der Waals surface area contributed by atoms with Crippen molar-refractivity contribution in [3.63, 3.8) is 0 Å². The lowest BCUT2D eigenvalue weighted by Gasteiger charge is -2.40. The van der Waals surface area contributed by atoms with Gasteiger partial charge in [-0.05, 0) is 52.9 Å². The zero-order chi connectivity index (χ0) is 26.4. The Morgan fingerprint density at radius 3 is 2.53 bits per heavy atom. The number of halogens is 2. The van der Waals surface area contributed by atoms with E-state index in [2.05, 4.69) is 27.7 Å². The minimum absolute atomic E-state index is 0.0774. The first-order chi connectivity index (χ1) is 18.4. The average molecular weight is 533 g/mol. The predicted octanol–water partition coefficient (Wildman–Crippen LogP) is 4.20. The van der Waals surface area contributed by atoms with E-state index in [1.54, 1.807) is 6.07 Å². The van der Waals surface area contributed by atoms with Crippen LogP contribution in [0.2, 0.25) is 5.02 Å². The molecule has 3 amide bonds. The topological polar surface area (TPSA) is 81.8 Å². The Bertz CT molecular complexity index is 1440. The molecule has 3 aromatic carbocycles. The van der Waals surface area contributed by atoms with Crippen LogP contribution in [0.5, 0.6) is 0 Å². The van der Waals surface area contributed by atoms with Crippen LogP contribution in [0, 0.1) is 5.82 Å². The van der Waals surface area contributed by atoms with Crippen LogP contribution in [0.15, 0.2) is 60.7 Å². The van der Waals surface area contributed by atoms with Gasteiger partial charge < -0.3 is 10.2 Å². The van der Waals surface area contributed by atoms with Crippen LogP contribution in [0.3, 0.4) is 0 Å². The lowest BCUT2D eigenvalue weighted by Crippen LogP contribution is -2.54. The molecule has 2 fully saturated rings. The Labute approximate surface area is 224 Å². The average Bonchev–Trinajstić information content (AvgIpc) is 3.18. The van der Waals surface area contributed by atoms with Gasteiger partial charge in [0, 0.05) is 43.2 Å². The molecular formula is C29H26ClFN4O3. The molecule has 3 heterocycles. The summed E-state index contributed by atoms with van der Waals surface area (Å²) in [5.74, 6) is -1.69. The van der Waals surface area contributed by atoms with Gasteiger partial charge in [0.2, 0.25) is 11.8 Å². The molecule has 1 atom stereocenters. The molecule has 3 aliphatic heterocycles. The number of fused-ring (bicyclic) bond motifs is 1. The number of likely N-dealkylation sites (tertiary alicyclic amines) is 1.